The molecule has 2 rings (SSSR count). The van der Waals surface area contributed by atoms with E-state index in [1.165, 1.54) is 19.4 Å². The van der Waals surface area contributed by atoms with Crippen molar-refractivity contribution in [1.29, 1.82) is 5.41 Å². The first kappa shape index (κ1) is 13.7. The van der Waals surface area contributed by atoms with Crippen LogP contribution in [0.4, 0.5) is 0 Å². The van der Waals surface area contributed by atoms with Crippen LogP contribution in [-0.2, 0) is 16.1 Å². The quantitative estimate of drug-likeness (QED) is 0.513. The minimum absolute atomic E-state index is 0.437. The molecule has 1 heterocycles. The van der Waals surface area contributed by atoms with E-state index in [0.717, 1.165) is 5.56 Å². The summed E-state index contributed by atoms with van der Waals surface area (Å²) >= 11 is 0. The number of ether oxygens (including phenoxy) is 1. The number of aromatic nitrogens is 2. The Morgan fingerprint density at radius 2 is 2.15 bits per heavy atom. The van der Waals surface area contributed by atoms with Gasteiger partial charge in [-0.3, -0.25) is 0 Å². The lowest BCUT2D eigenvalue weighted by molar-refractivity contribution is -0.134. The van der Waals surface area contributed by atoms with Crippen molar-refractivity contribution in [1.82, 2.24) is 9.55 Å². The highest BCUT2D eigenvalue weighted by molar-refractivity contribution is 5.89. The normalized spacial score (nSPS) is 10.7. The summed E-state index contributed by atoms with van der Waals surface area (Å²) in [5.74, 6) is -0.437. The number of imidazole rings is 1. The predicted octanol–water partition coefficient (Wildman–Crippen LogP) is 2.12. The molecule has 0 saturated heterocycles. The van der Waals surface area contributed by atoms with Crippen LogP contribution in [0.1, 0.15) is 17.0 Å². The van der Waals surface area contributed by atoms with Crippen molar-refractivity contribution < 1.29 is 9.53 Å². The minimum Gasteiger partial charge on any atom is -0.466 e. The van der Waals surface area contributed by atoms with Gasteiger partial charge in [-0.2, -0.15) is 0 Å². The first-order chi connectivity index (χ1) is 9.74. The molecule has 0 bridgehead atoms. The number of hydrogen-bond donors (Lipinski definition) is 1. The van der Waals surface area contributed by atoms with Gasteiger partial charge in [-0.25, -0.2) is 9.78 Å². The zero-order valence-corrected chi connectivity index (χ0v) is 11.1. The van der Waals surface area contributed by atoms with Gasteiger partial charge in [0, 0.05) is 18.8 Å². The van der Waals surface area contributed by atoms with Crippen LogP contribution < -0.4 is 0 Å². The number of rotatable bonds is 5. The highest BCUT2D eigenvalue weighted by atomic mass is 16.5. The van der Waals surface area contributed by atoms with Crippen molar-refractivity contribution in [3.05, 3.63) is 59.7 Å². The molecule has 0 atom stereocenters. The molecule has 0 fully saturated rings. The number of methoxy groups -OCH3 is 1. The fourth-order valence-electron chi connectivity index (χ4n) is 1.82. The maximum atomic E-state index is 11.2. The molecule has 0 aliphatic rings. The summed E-state index contributed by atoms with van der Waals surface area (Å²) < 4.78 is 6.45. The Hall–Kier alpha value is -2.69. The lowest BCUT2D eigenvalue weighted by Gasteiger charge is -2.06. The summed E-state index contributed by atoms with van der Waals surface area (Å²) in [6.07, 6.45) is 5.76. The highest BCUT2D eigenvalue weighted by Gasteiger charge is 2.07. The molecule has 1 aromatic carbocycles. The number of nitrogens with one attached hydrogen (secondary N) is 1. The van der Waals surface area contributed by atoms with E-state index >= 15 is 0 Å². The van der Waals surface area contributed by atoms with Crippen molar-refractivity contribution in [2.45, 2.75) is 6.54 Å². The first-order valence-corrected chi connectivity index (χ1v) is 6.10. The summed E-state index contributed by atoms with van der Waals surface area (Å²) in [6, 6.07) is 9.91. The van der Waals surface area contributed by atoms with Crippen molar-refractivity contribution in [2.24, 2.45) is 0 Å². The molecule has 0 spiro atoms. The Morgan fingerprint density at radius 1 is 1.40 bits per heavy atom. The van der Waals surface area contributed by atoms with Crippen LogP contribution in [0.2, 0.25) is 0 Å². The van der Waals surface area contributed by atoms with E-state index in [1.807, 2.05) is 34.9 Å². The van der Waals surface area contributed by atoms with Gasteiger partial charge < -0.3 is 14.7 Å². The van der Waals surface area contributed by atoms with Gasteiger partial charge in [0.05, 0.1) is 19.1 Å². The Bertz CT molecular complexity index is 630. The smallest absolute Gasteiger partial charge is 0.330 e. The zero-order chi connectivity index (χ0) is 14.4. The maximum Gasteiger partial charge on any atom is 0.330 e. The molecule has 20 heavy (non-hydrogen) atoms. The van der Waals surface area contributed by atoms with Gasteiger partial charge >= 0.3 is 5.97 Å². The number of carbonyl (C=O) groups excluding carboxylic acids is 1. The zero-order valence-electron chi connectivity index (χ0n) is 11.1. The predicted molar refractivity (Wildman–Crippen MR) is 76.7 cm³/mol. The van der Waals surface area contributed by atoms with Crippen LogP contribution >= 0.6 is 0 Å². The minimum atomic E-state index is -0.437. The number of hydrogen-bond acceptors (Lipinski definition) is 4. The number of esters is 1. The number of carbonyl (C=O) groups is 1. The van der Waals surface area contributed by atoms with Gasteiger partial charge in [0.2, 0.25) is 0 Å². The third kappa shape index (κ3) is 3.20. The Kier molecular flexibility index (Phi) is 4.44. The molecule has 1 aromatic heterocycles. The SMILES string of the molecule is COC(=O)/C=C/c1c(C=N)ncn1Cc1ccccc1. The lowest BCUT2D eigenvalue weighted by atomic mass is 10.2. The molecule has 1 N–H and O–H groups in total. The van der Waals surface area contributed by atoms with E-state index in [9.17, 15) is 4.79 Å². The monoisotopic (exact) mass is 269 g/mol. The van der Waals surface area contributed by atoms with E-state index in [-0.39, 0.29) is 0 Å². The summed E-state index contributed by atoms with van der Waals surface area (Å²) in [6.45, 7) is 0.628. The van der Waals surface area contributed by atoms with Crippen molar-refractivity contribution in [3.63, 3.8) is 0 Å². The molecule has 5 heteroatoms. The van der Waals surface area contributed by atoms with Crippen LogP contribution in [0.5, 0.6) is 0 Å². The van der Waals surface area contributed by atoms with E-state index < -0.39 is 5.97 Å². The second-order valence-electron chi connectivity index (χ2n) is 4.13. The molecule has 0 aliphatic heterocycles. The largest absolute Gasteiger partial charge is 0.466 e. The molecule has 102 valence electrons. The van der Waals surface area contributed by atoms with Gasteiger partial charge in [0.1, 0.15) is 5.69 Å². The molecular weight excluding hydrogens is 254 g/mol. The van der Waals surface area contributed by atoms with Crippen LogP contribution in [0.25, 0.3) is 6.08 Å². The van der Waals surface area contributed by atoms with E-state index in [1.54, 1.807) is 12.4 Å². The van der Waals surface area contributed by atoms with Crippen molar-refractivity contribution in [3.8, 4) is 0 Å². The van der Waals surface area contributed by atoms with Gasteiger partial charge in [-0.15, -0.1) is 0 Å². The average molecular weight is 269 g/mol. The lowest BCUT2D eigenvalue weighted by Crippen LogP contribution is -2.02. The molecule has 5 nitrogen and oxygen atoms in total. The van der Waals surface area contributed by atoms with Gasteiger partial charge in [0.15, 0.2) is 0 Å². The molecule has 0 aliphatic carbocycles. The average Bonchev–Trinajstić information content (AvgIpc) is 2.87. The summed E-state index contributed by atoms with van der Waals surface area (Å²) in [5, 5.41) is 7.36. The summed E-state index contributed by atoms with van der Waals surface area (Å²) in [4.78, 5) is 15.3. The van der Waals surface area contributed by atoms with Crippen LogP contribution in [0.3, 0.4) is 0 Å². The highest BCUT2D eigenvalue weighted by Crippen LogP contribution is 2.11. The molecule has 2 aromatic rings. The van der Waals surface area contributed by atoms with Crippen LogP contribution in [0, 0.1) is 5.41 Å². The van der Waals surface area contributed by atoms with Crippen LogP contribution in [-0.4, -0.2) is 28.8 Å². The molecule has 0 radical (unpaired) electrons. The Morgan fingerprint density at radius 3 is 2.80 bits per heavy atom. The molecule has 0 saturated carbocycles. The number of nitrogens with zero attached hydrogens (tertiary/aromatic N) is 2. The molecular formula is C15H15N3O2. The van der Waals surface area contributed by atoms with Crippen LogP contribution in [0.15, 0.2) is 42.7 Å². The topological polar surface area (TPSA) is 68.0 Å². The van der Waals surface area contributed by atoms with Crippen molar-refractivity contribution in [2.75, 3.05) is 7.11 Å². The summed E-state index contributed by atoms with van der Waals surface area (Å²) in [5.41, 5.74) is 2.34. The number of benzene rings is 1. The van der Waals surface area contributed by atoms with E-state index in [2.05, 4.69) is 9.72 Å². The first-order valence-electron chi connectivity index (χ1n) is 6.10. The standard InChI is InChI=1S/C15H15N3O2/c1-20-15(19)8-7-14-13(9-16)17-11-18(14)10-12-5-3-2-4-6-12/h2-9,11,16H,10H2,1H3/b8-7+,16-9?. The Balaban J connectivity index is 2.29. The second kappa shape index (κ2) is 6.47. The van der Waals surface area contributed by atoms with Gasteiger partial charge in [-0.1, -0.05) is 30.3 Å². The Labute approximate surface area is 117 Å². The van der Waals surface area contributed by atoms with E-state index in [4.69, 9.17) is 5.41 Å². The maximum absolute atomic E-state index is 11.2. The van der Waals surface area contributed by atoms with Crippen molar-refractivity contribution >= 4 is 18.3 Å². The molecule has 0 unspecified atom stereocenters. The van der Waals surface area contributed by atoms with E-state index in [0.29, 0.717) is 17.9 Å². The molecule has 0 amide bonds. The fraction of sp³-hybridized carbons (Fsp3) is 0.133. The fourth-order valence-corrected chi connectivity index (χ4v) is 1.82. The van der Waals surface area contributed by atoms with Gasteiger partial charge in [0.25, 0.3) is 0 Å². The third-order valence-electron chi connectivity index (χ3n) is 2.82. The third-order valence-corrected chi connectivity index (χ3v) is 2.82. The summed E-state index contributed by atoms with van der Waals surface area (Å²) in [7, 11) is 1.32. The second-order valence-corrected chi connectivity index (χ2v) is 4.13. The van der Waals surface area contributed by atoms with Gasteiger partial charge in [-0.05, 0) is 11.6 Å².